The van der Waals surface area contributed by atoms with Crippen LogP contribution in [-0.2, 0) is 21.3 Å². The molecule has 0 bridgehead atoms. The Morgan fingerprint density at radius 3 is 2.59 bits per heavy atom. The van der Waals surface area contributed by atoms with Gasteiger partial charge in [-0.3, -0.25) is 4.79 Å². The maximum Gasteiger partial charge on any atom is 0.255 e. The number of carbonyl (C=O) groups is 1. The van der Waals surface area contributed by atoms with Gasteiger partial charge in [-0.1, -0.05) is 12.5 Å². The molecule has 2 aromatic carbocycles. The van der Waals surface area contributed by atoms with Crippen molar-refractivity contribution in [3.8, 4) is 0 Å². The quantitative estimate of drug-likeness (QED) is 0.583. The number of nitrogens with one attached hydrogen (secondary N) is 1. The van der Waals surface area contributed by atoms with Gasteiger partial charge in [0.05, 0.1) is 11.5 Å². The topological polar surface area (TPSA) is 80.6 Å². The zero-order valence-corrected chi connectivity index (χ0v) is 19.3. The van der Waals surface area contributed by atoms with Crippen LogP contribution in [0.1, 0.15) is 35.2 Å². The largest absolute Gasteiger partial charge is 0.383 e. The predicted octanol–water partition coefficient (Wildman–Crippen LogP) is 4.02. The Bertz CT molecular complexity index is 1230. The van der Waals surface area contributed by atoms with Crippen molar-refractivity contribution >= 4 is 32.5 Å². The molecule has 1 aliphatic rings. The Balaban J connectivity index is 1.55. The van der Waals surface area contributed by atoms with Gasteiger partial charge >= 0.3 is 0 Å². The standard InChI is InChI=1S/C24H29N3O4S/c1-18-6-7-20(17-23(18)32(29,30)27-11-4-3-5-12-27)24(28)25-21-8-9-22-19(16-21)10-13-26(22)14-15-31-2/h6-10,13,16-17H,3-5,11-12,14-15H2,1-2H3,(H,25,28). The van der Waals surface area contributed by atoms with Crippen LogP contribution in [-0.4, -0.2) is 50.0 Å². The molecule has 0 radical (unpaired) electrons. The highest BCUT2D eigenvalue weighted by Crippen LogP contribution is 2.25. The smallest absolute Gasteiger partial charge is 0.255 e. The lowest BCUT2D eigenvalue weighted by Crippen LogP contribution is -2.36. The van der Waals surface area contributed by atoms with Crippen LogP contribution in [0.2, 0.25) is 0 Å². The van der Waals surface area contributed by atoms with E-state index >= 15 is 0 Å². The van der Waals surface area contributed by atoms with Crippen molar-refractivity contribution in [2.45, 2.75) is 37.6 Å². The number of piperidine rings is 1. The summed E-state index contributed by atoms with van der Waals surface area (Å²) in [6.07, 6.45) is 4.78. The average molecular weight is 456 g/mol. The summed E-state index contributed by atoms with van der Waals surface area (Å²) < 4.78 is 35.1. The van der Waals surface area contributed by atoms with Crippen molar-refractivity contribution in [1.82, 2.24) is 8.87 Å². The third-order valence-corrected chi connectivity index (χ3v) is 7.99. The lowest BCUT2D eigenvalue weighted by Gasteiger charge is -2.26. The number of nitrogens with zero attached hydrogens (tertiary/aromatic N) is 2. The highest BCUT2D eigenvalue weighted by molar-refractivity contribution is 7.89. The number of carbonyl (C=O) groups excluding carboxylic acids is 1. The molecule has 0 spiro atoms. The van der Waals surface area contributed by atoms with Crippen molar-refractivity contribution in [2.75, 3.05) is 32.1 Å². The van der Waals surface area contributed by atoms with Crippen LogP contribution >= 0.6 is 0 Å². The number of fused-ring (bicyclic) bond motifs is 1. The van der Waals surface area contributed by atoms with Gasteiger partial charge in [0.2, 0.25) is 10.0 Å². The zero-order chi connectivity index (χ0) is 22.7. The Morgan fingerprint density at radius 2 is 1.84 bits per heavy atom. The minimum atomic E-state index is -3.62. The summed E-state index contributed by atoms with van der Waals surface area (Å²) in [4.78, 5) is 13.1. The monoisotopic (exact) mass is 455 g/mol. The van der Waals surface area contributed by atoms with E-state index in [9.17, 15) is 13.2 Å². The molecule has 2 heterocycles. The van der Waals surface area contributed by atoms with E-state index < -0.39 is 10.0 Å². The summed E-state index contributed by atoms with van der Waals surface area (Å²) in [5.74, 6) is -0.335. The number of hydrogen-bond acceptors (Lipinski definition) is 4. The molecule has 32 heavy (non-hydrogen) atoms. The van der Waals surface area contributed by atoms with E-state index in [0.717, 1.165) is 36.7 Å². The lowest BCUT2D eigenvalue weighted by atomic mass is 10.1. The summed E-state index contributed by atoms with van der Waals surface area (Å²) in [5, 5.41) is 3.91. The van der Waals surface area contributed by atoms with Gasteiger partial charge in [0.1, 0.15) is 0 Å². The van der Waals surface area contributed by atoms with Crippen LogP contribution in [0.3, 0.4) is 0 Å². The van der Waals surface area contributed by atoms with Crippen LogP contribution in [0, 0.1) is 6.92 Å². The first-order valence-electron chi connectivity index (χ1n) is 10.9. The van der Waals surface area contributed by atoms with Crippen molar-refractivity contribution < 1.29 is 17.9 Å². The molecule has 4 rings (SSSR count). The van der Waals surface area contributed by atoms with Crippen LogP contribution in [0.15, 0.2) is 53.6 Å². The molecule has 1 fully saturated rings. The number of aromatic nitrogens is 1. The molecule has 3 aromatic rings. The molecule has 1 amide bonds. The molecule has 1 aliphatic heterocycles. The van der Waals surface area contributed by atoms with Crippen LogP contribution in [0.5, 0.6) is 0 Å². The average Bonchev–Trinajstić information content (AvgIpc) is 3.20. The van der Waals surface area contributed by atoms with E-state index in [1.807, 2.05) is 30.5 Å². The van der Waals surface area contributed by atoms with Gasteiger partial charge in [0, 0.05) is 55.1 Å². The molecule has 7 nitrogen and oxygen atoms in total. The minimum absolute atomic E-state index is 0.206. The van der Waals surface area contributed by atoms with Gasteiger partial charge in [-0.05, 0) is 61.7 Å². The van der Waals surface area contributed by atoms with Crippen LogP contribution in [0.4, 0.5) is 5.69 Å². The number of sulfonamides is 1. The van der Waals surface area contributed by atoms with Gasteiger partial charge in [0.25, 0.3) is 5.91 Å². The third kappa shape index (κ3) is 4.57. The fraction of sp³-hybridized carbons (Fsp3) is 0.375. The molecular formula is C24H29N3O4S. The maximum absolute atomic E-state index is 13.1. The number of aryl methyl sites for hydroxylation is 1. The molecule has 0 aliphatic carbocycles. The Labute approximate surface area is 189 Å². The molecule has 0 unspecified atom stereocenters. The van der Waals surface area contributed by atoms with Gasteiger partial charge < -0.3 is 14.6 Å². The van der Waals surface area contributed by atoms with Gasteiger partial charge in [0.15, 0.2) is 0 Å². The van der Waals surface area contributed by atoms with E-state index in [1.165, 1.54) is 10.4 Å². The van der Waals surface area contributed by atoms with Gasteiger partial charge in [-0.15, -0.1) is 0 Å². The number of anilines is 1. The first-order chi connectivity index (χ1) is 15.4. The second kappa shape index (κ2) is 9.44. The van der Waals surface area contributed by atoms with E-state index in [4.69, 9.17) is 4.74 Å². The SMILES string of the molecule is COCCn1ccc2cc(NC(=O)c3ccc(C)c(S(=O)(=O)N4CCCCC4)c3)ccc21. The Morgan fingerprint density at radius 1 is 1.06 bits per heavy atom. The molecule has 1 saturated heterocycles. The van der Waals surface area contributed by atoms with Crippen LogP contribution in [0.25, 0.3) is 10.9 Å². The van der Waals surface area contributed by atoms with Crippen molar-refractivity contribution in [3.63, 3.8) is 0 Å². The highest BCUT2D eigenvalue weighted by Gasteiger charge is 2.28. The van der Waals surface area contributed by atoms with Crippen molar-refractivity contribution in [3.05, 3.63) is 59.8 Å². The summed E-state index contributed by atoms with van der Waals surface area (Å²) in [6, 6.07) is 12.6. The number of benzene rings is 2. The maximum atomic E-state index is 13.1. The molecule has 0 saturated carbocycles. The van der Waals surface area contributed by atoms with E-state index in [-0.39, 0.29) is 10.8 Å². The first kappa shape index (κ1) is 22.5. The molecular weight excluding hydrogens is 426 g/mol. The van der Waals surface area contributed by atoms with E-state index in [1.54, 1.807) is 26.2 Å². The summed E-state index contributed by atoms with van der Waals surface area (Å²) >= 11 is 0. The minimum Gasteiger partial charge on any atom is -0.383 e. The fourth-order valence-corrected chi connectivity index (χ4v) is 5.90. The molecule has 170 valence electrons. The van der Waals surface area contributed by atoms with Crippen molar-refractivity contribution in [1.29, 1.82) is 0 Å². The Kier molecular flexibility index (Phi) is 6.64. The third-order valence-electron chi connectivity index (χ3n) is 5.95. The number of rotatable bonds is 7. The van der Waals surface area contributed by atoms with Gasteiger partial charge in [-0.25, -0.2) is 8.42 Å². The summed E-state index contributed by atoms with van der Waals surface area (Å²) in [5.41, 5.74) is 2.69. The predicted molar refractivity (Wildman–Crippen MR) is 126 cm³/mol. The molecule has 1 aromatic heterocycles. The number of methoxy groups -OCH3 is 1. The van der Waals surface area contributed by atoms with E-state index in [2.05, 4.69) is 9.88 Å². The van der Waals surface area contributed by atoms with Crippen LogP contribution < -0.4 is 5.32 Å². The zero-order valence-electron chi connectivity index (χ0n) is 18.5. The molecule has 1 N–H and O–H groups in total. The second-order valence-corrected chi connectivity index (χ2v) is 10.1. The number of hydrogen-bond donors (Lipinski definition) is 1. The Hall–Kier alpha value is -2.68. The summed E-state index contributed by atoms with van der Waals surface area (Å²) in [7, 11) is -1.94. The van der Waals surface area contributed by atoms with E-state index in [0.29, 0.717) is 36.5 Å². The lowest BCUT2D eigenvalue weighted by molar-refractivity contribution is 0.102. The molecule has 0 atom stereocenters. The summed E-state index contributed by atoms with van der Waals surface area (Å²) in [6.45, 7) is 4.20. The van der Waals surface area contributed by atoms with Gasteiger partial charge in [-0.2, -0.15) is 4.31 Å². The second-order valence-electron chi connectivity index (χ2n) is 8.17. The normalized spacial score (nSPS) is 15.2. The number of amides is 1. The molecule has 8 heteroatoms. The number of ether oxygens (including phenoxy) is 1. The fourth-order valence-electron chi connectivity index (χ4n) is 4.13. The van der Waals surface area contributed by atoms with Crippen molar-refractivity contribution in [2.24, 2.45) is 0 Å². The first-order valence-corrected chi connectivity index (χ1v) is 12.3. The highest BCUT2D eigenvalue weighted by atomic mass is 32.2.